The highest BCUT2D eigenvalue weighted by Crippen LogP contribution is 2.44. The number of nitrogens with zero attached hydrogens (tertiary/aromatic N) is 1. The number of fused-ring (bicyclic) bond motifs is 3. The van der Waals surface area contributed by atoms with Crippen LogP contribution in [0.3, 0.4) is 0 Å². The predicted octanol–water partition coefficient (Wildman–Crippen LogP) is 3.72. The number of carbonyl (C=O) groups excluding carboxylic acids is 2. The van der Waals surface area contributed by atoms with E-state index in [1.807, 2.05) is 36.4 Å². The zero-order chi connectivity index (χ0) is 24.4. The number of amides is 2. The molecule has 3 N–H and O–H groups in total. The van der Waals surface area contributed by atoms with Gasteiger partial charge >= 0.3 is 12.1 Å². The highest BCUT2D eigenvalue weighted by Gasteiger charge is 2.47. The van der Waals surface area contributed by atoms with Crippen LogP contribution in [0, 0.1) is 0 Å². The third kappa shape index (κ3) is 4.51. The van der Waals surface area contributed by atoms with Gasteiger partial charge in [0.05, 0.1) is 5.51 Å². The predicted molar refractivity (Wildman–Crippen MR) is 130 cm³/mol. The number of alkyl carbamates (subject to hydrolysis) is 1. The zero-order valence-corrected chi connectivity index (χ0v) is 19.7. The molecule has 5 rings (SSSR count). The number of aromatic nitrogens is 1. The van der Waals surface area contributed by atoms with Gasteiger partial charge in [-0.3, -0.25) is 9.78 Å². The van der Waals surface area contributed by atoms with E-state index in [1.54, 1.807) is 11.7 Å². The topological polar surface area (TPSA) is 118 Å². The molecule has 0 spiro atoms. The number of carboxylic acid groups (broad SMARTS) is 1. The Balaban J connectivity index is 1.23. The number of carboxylic acids is 1. The van der Waals surface area contributed by atoms with E-state index in [0.29, 0.717) is 12.8 Å². The summed E-state index contributed by atoms with van der Waals surface area (Å²) in [6.45, 7) is 0.140. The van der Waals surface area contributed by atoms with Crippen molar-refractivity contribution in [2.75, 3.05) is 6.61 Å². The van der Waals surface area contributed by atoms with Crippen molar-refractivity contribution in [1.82, 2.24) is 15.6 Å². The number of rotatable bonds is 8. The number of carbonyl (C=O) groups is 3. The SMILES string of the molecule is O=C(NC1(C(=O)NC(Cc2cncs2)C(=O)O)CCC1)OCC1c2ccccc2-c2ccccc21. The maximum absolute atomic E-state index is 13.1. The van der Waals surface area contributed by atoms with E-state index in [2.05, 4.69) is 27.8 Å². The number of aliphatic carboxylic acids is 1. The molecule has 9 heteroatoms. The van der Waals surface area contributed by atoms with Gasteiger partial charge in [-0.05, 0) is 41.5 Å². The first-order valence-electron chi connectivity index (χ1n) is 11.5. The second kappa shape index (κ2) is 9.50. The van der Waals surface area contributed by atoms with Crippen molar-refractivity contribution in [1.29, 1.82) is 0 Å². The highest BCUT2D eigenvalue weighted by atomic mass is 32.1. The maximum Gasteiger partial charge on any atom is 0.408 e. The van der Waals surface area contributed by atoms with E-state index in [-0.39, 0.29) is 18.9 Å². The molecule has 0 saturated heterocycles. The van der Waals surface area contributed by atoms with Crippen molar-refractivity contribution in [2.24, 2.45) is 0 Å². The summed E-state index contributed by atoms with van der Waals surface area (Å²) in [6.07, 6.45) is 2.64. The Labute approximate surface area is 206 Å². The van der Waals surface area contributed by atoms with Gasteiger partial charge in [-0.25, -0.2) is 9.59 Å². The van der Waals surface area contributed by atoms with Gasteiger partial charge in [0.15, 0.2) is 0 Å². The van der Waals surface area contributed by atoms with Crippen LogP contribution in [-0.2, 0) is 20.7 Å². The first-order chi connectivity index (χ1) is 17.0. The summed E-state index contributed by atoms with van der Waals surface area (Å²) in [5.74, 6) is -1.73. The third-order valence-electron chi connectivity index (χ3n) is 6.82. The molecule has 180 valence electrons. The largest absolute Gasteiger partial charge is 0.480 e. The molecule has 1 heterocycles. The number of thiazole rings is 1. The molecule has 0 radical (unpaired) electrons. The molecule has 2 amide bonds. The van der Waals surface area contributed by atoms with Crippen LogP contribution in [0.4, 0.5) is 4.79 Å². The second-order valence-corrected chi connectivity index (χ2v) is 9.89. The molecule has 2 aliphatic rings. The molecular formula is C26H25N3O5S. The lowest BCUT2D eigenvalue weighted by atomic mass is 9.76. The molecule has 1 fully saturated rings. The normalized spacial score (nSPS) is 16.3. The van der Waals surface area contributed by atoms with Crippen LogP contribution < -0.4 is 10.6 Å². The molecular weight excluding hydrogens is 466 g/mol. The van der Waals surface area contributed by atoms with Crippen LogP contribution >= 0.6 is 11.3 Å². The van der Waals surface area contributed by atoms with E-state index in [4.69, 9.17) is 4.74 Å². The number of hydrogen-bond donors (Lipinski definition) is 3. The van der Waals surface area contributed by atoms with Crippen molar-refractivity contribution in [2.45, 2.75) is 43.2 Å². The van der Waals surface area contributed by atoms with Gasteiger partial charge in [0.25, 0.3) is 0 Å². The summed E-state index contributed by atoms with van der Waals surface area (Å²) in [6, 6.07) is 15.0. The van der Waals surface area contributed by atoms with Crippen molar-refractivity contribution in [3.05, 3.63) is 76.2 Å². The minimum Gasteiger partial charge on any atom is -0.480 e. The Bertz CT molecular complexity index is 1210. The zero-order valence-electron chi connectivity index (χ0n) is 18.9. The van der Waals surface area contributed by atoms with E-state index in [0.717, 1.165) is 33.6 Å². The molecule has 1 unspecified atom stereocenters. The maximum atomic E-state index is 13.1. The molecule has 2 aliphatic carbocycles. The summed E-state index contributed by atoms with van der Waals surface area (Å²) in [5.41, 5.74) is 4.92. The van der Waals surface area contributed by atoms with Crippen LogP contribution in [0.1, 0.15) is 41.2 Å². The van der Waals surface area contributed by atoms with Crippen molar-refractivity contribution >= 4 is 29.3 Å². The van der Waals surface area contributed by atoms with Crippen molar-refractivity contribution in [3.63, 3.8) is 0 Å². The smallest absolute Gasteiger partial charge is 0.408 e. The highest BCUT2D eigenvalue weighted by molar-refractivity contribution is 7.09. The molecule has 0 bridgehead atoms. The van der Waals surface area contributed by atoms with Crippen LogP contribution in [0.15, 0.2) is 60.2 Å². The molecule has 35 heavy (non-hydrogen) atoms. The number of hydrogen-bond acceptors (Lipinski definition) is 6. The van der Waals surface area contributed by atoms with Crippen LogP contribution in [0.2, 0.25) is 0 Å². The monoisotopic (exact) mass is 491 g/mol. The minimum atomic E-state index is -1.16. The Morgan fingerprint density at radius 2 is 1.74 bits per heavy atom. The van der Waals surface area contributed by atoms with Crippen LogP contribution in [0.5, 0.6) is 0 Å². The van der Waals surface area contributed by atoms with Gasteiger partial charge in [-0.15, -0.1) is 11.3 Å². The lowest BCUT2D eigenvalue weighted by Gasteiger charge is -2.40. The van der Waals surface area contributed by atoms with Gasteiger partial charge in [-0.2, -0.15) is 0 Å². The average Bonchev–Trinajstić information content (AvgIpc) is 3.45. The van der Waals surface area contributed by atoms with E-state index in [1.165, 1.54) is 11.3 Å². The average molecular weight is 492 g/mol. The molecule has 0 aliphatic heterocycles. The second-order valence-electron chi connectivity index (χ2n) is 8.92. The van der Waals surface area contributed by atoms with Gasteiger partial charge in [0, 0.05) is 23.4 Å². The fraction of sp³-hybridized carbons (Fsp3) is 0.308. The molecule has 2 aromatic carbocycles. The van der Waals surface area contributed by atoms with Crippen molar-refractivity contribution in [3.8, 4) is 11.1 Å². The summed E-state index contributed by atoms with van der Waals surface area (Å²) in [5, 5.41) is 14.9. The molecule has 3 aromatic rings. The fourth-order valence-electron chi connectivity index (χ4n) is 4.81. The lowest BCUT2D eigenvalue weighted by molar-refractivity contribution is -0.143. The van der Waals surface area contributed by atoms with Crippen LogP contribution in [-0.4, -0.2) is 46.2 Å². The number of nitrogens with one attached hydrogen (secondary N) is 2. The molecule has 1 saturated carbocycles. The van der Waals surface area contributed by atoms with E-state index >= 15 is 0 Å². The Kier molecular flexibility index (Phi) is 6.25. The minimum absolute atomic E-state index is 0.0879. The third-order valence-corrected chi connectivity index (χ3v) is 7.62. The van der Waals surface area contributed by atoms with Gasteiger partial charge in [0.2, 0.25) is 5.91 Å². The Hall–Kier alpha value is -3.72. The summed E-state index contributed by atoms with van der Waals surface area (Å²) in [4.78, 5) is 42.3. The standard InChI is InChI=1S/C26H25N3O5S/c30-23(31)22(12-16-13-27-15-35-16)28-24(32)26(10-5-11-26)29-25(33)34-14-21-19-8-3-1-6-17(19)18-7-2-4-9-20(18)21/h1-4,6-9,13,15,21-22H,5,10-12,14H2,(H,28,32)(H,29,33)(H,30,31). The molecule has 1 aromatic heterocycles. The summed E-state index contributed by atoms with van der Waals surface area (Å²) in [7, 11) is 0. The first kappa shape index (κ1) is 23.0. The first-order valence-corrected chi connectivity index (χ1v) is 12.4. The summed E-state index contributed by atoms with van der Waals surface area (Å²) < 4.78 is 5.61. The molecule has 1 atom stereocenters. The van der Waals surface area contributed by atoms with Crippen molar-refractivity contribution < 1.29 is 24.2 Å². The van der Waals surface area contributed by atoms with E-state index in [9.17, 15) is 19.5 Å². The Morgan fingerprint density at radius 1 is 1.09 bits per heavy atom. The Morgan fingerprint density at radius 3 is 2.29 bits per heavy atom. The van der Waals surface area contributed by atoms with E-state index < -0.39 is 29.6 Å². The van der Waals surface area contributed by atoms with Gasteiger partial charge in [-0.1, -0.05) is 48.5 Å². The van der Waals surface area contributed by atoms with Crippen LogP contribution in [0.25, 0.3) is 11.1 Å². The van der Waals surface area contributed by atoms with Gasteiger partial charge in [0.1, 0.15) is 18.2 Å². The summed E-state index contributed by atoms with van der Waals surface area (Å²) >= 11 is 1.33. The number of ether oxygens (including phenoxy) is 1. The molecule has 8 nitrogen and oxygen atoms in total. The fourth-order valence-corrected chi connectivity index (χ4v) is 5.45. The van der Waals surface area contributed by atoms with Gasteiger partial charge < -0.3 is 20.5 Å². The quantitative estimate of drug-likeness (QED) is 0.442. The number of benzene rings is 2. The lowest BCUT2D eigenvalue weighted by Crippen LogP contribution is -2.65.